The number of hydrogen-bond donors (Lipinski definition) is 2. The van der Waals surface area contributed by atoms with Gasteiger partial charge in [-0.3, -0.25) is 0 Å². The number of carboxylic acids is 1. The molecule has 18 heavy (non-hydrogen) atoms. The van der Waals surface area contributed by atoms with Crippen molar-refractivity contribution >= 4 is 22.7 Å². The summed E-state index contributed by atoms with van der Waals surface area (Å²) >= 11 is 0. The van der Waals surface area contributed by atoms with Gasteiger partial charge in [0.05, 0.1) is 5.52 Å². The Hall–Kier alpha value is -2.17. The van der Waals surface area contributed by atoms with Crippen molar-refractivity contribution in [3.63, 3.8) is 0 Å². The van der Waals surface area contributed by atoms with Crippen LogP contribution in [-0.4, -0.2) is 27.1 Å². The van der Waals surface area contributed by atoms with Crippen LogP contribution < -0.4 is 5.32 Å². The fraction of sp³-hybridized carbons (Fsp3) is 0.308. The number of aromatic nitrogens is 2. The Morgan fingerprint density at radius 2 is 2.17 bits per heavy atom. The van der Waals surface area contributed by atoms with Crippen LogP contribution in [0.25, 0.3) is 10.9 Å². The summed E-state index contributed by atoms with van der Waals surface area (Å²) in [5.74, 6) is -0.291. The molecule has 94 valence electrons. The molecule has 0 aliphatic rings. The highest BCUT2D eigenvalue weighted by molar-refractivity contribution is 5.90. The van der Waals surface area contributed by atoms with Gasteiger partial charge < -0.3 is 10.4 Å². The van der Waals surface area contributed by atoms with Crippen LogP contribution in [0.1, 0.15) is 19.8 Å². The third kappa shape index (κ3) is 2.56. The summed E-state index contributed by atoms with van der Waals surface area (Å²) in [6, 6.07) is 6.90. The minimum Gasteiger partial charge on any atom is -0.480 e. The van der Waals surface area contributed by atoms with Crippen molar-refractivity contribution in [1.82, 2.24) is 9.97 Å². The highest BCUT2D eigenvalue weighted by atomic mass is 16.4. The first-order valence-electron chi connectivity index (χ1n) is 5.91. The summed E-state index contributed by atoms with van der Waals surface area (Å²) < 4.78 is 0. The lowest BCUT2D eigenvalue weighted by molar-refractivity contribution is -0.138. The Balaban J connectivity index is 2.33. The number of benzene rings is 1. The zero-order chi connectivity index (χ0) is 13.0. The second kappa shape index (κ2) is 5.44. The summed E-state index contributed by atoms with van der Waals surface area (Å²) in [4.78, 5) is 19.4. The summed E-state index contributed by atoms with van der Waals surface area (Å²) in [7, 11) is 0. The maximum atomic E-state index is 11.1. The number of nitrogens with one attached hydrogen (secondary N) is 1. The van der Waals surface area contributed by atoms with E-state index < -0.39 is 12.0 Å². The predicted molar refractivity (Wildman–Crippen MR) is 69.5 cm³/mol. The van der Waals surface area contributed by atoms with Gasteiger partial charge in [0.15, 0.2) is 0 Å². The largest absolute Gasteiger partial charge is 0.480 e. The molecule has 1 aromatic heterocycles. The van der Waals surface area contributed by atoms with Crippen LogP contribution in [0.15, 0.2) is 30.6 Å². The second-order valence-electron chi connectivity index (χ2n) is 4.06. The molecule has 0 fully saturated rings. The Labute approximate surface area is 105 Å². The minimum atomic E-state index is -0.862. The zero-order valence-corrected chi connectivity index (χ0v) is 10.1. The molecule has 0 saturated carbocycles. The zero-order valence-electron chi connectivity index (χ0n) is 10.1. The summed E-state index contributed by atoms with van der Waals surface area (Å²) in [6.45, 7) is 1.95. The van der Waals surface area contributed by atoms with Gasteiger partial charge in [0.2, 0.25) is 0 Å². The van der Waals surface area contributed by atoms with Gasteiger partial charge in [-0.2, -0.15) is 0 Å². The SMILES string of the molecule is CCCC(Nc1ncnc2ccccc12)C(=O)O. The van der Waals surface area contributed by atoms with Crippen molar-refractivity contribution in [2.24, 2.45) is 0 Å². The first kappa shape index (κ1) is 12.3. The molecule has 2 N–H and O–H groups in total. The van der Waals surface area contributed by atoms with E-state index in [0.29, 0.717) is 12.2 Å². The molecule has 0 amide bonds. The van der Waals surface area contributed by atoms with Crippen molar-refractivity contribution in [3.05, 3.63) is 30.6 Å². The molecule has 0 radical (unpaired) electrons. The van der Waals surface area contributed by atoms with Gasteiger partial charge in [-0.05, 0) is 18.6 Å². The molecule has 5 nitrogen and oxygen atoms in total. The topological polar surface area (TPSA) is 75.1 Å². The predicted octanol–water partition coefficient (Wildman–Crippen LogP) is 2.29. The molecular formula is C13H15N3O2. The first-order valence-corrected chi connectivity index (χ1v) is 5.91. The Bertz CT molecular complexity index is 551. The Morgan fingerprint density at radius 1 is 1.39 bits per heavy atom. The lowest BCUT2D eigenvalue weighted by Crippen LogP contribution is -2.29. The van der Waals surface area contributed by atoms with E-state index in [2.05, 4.69) is 15.3 Å². The lowest BCUT2D eigenvalue weighted by atomic mass is 10.1. The molecule has 0 spiro atoms. The van der Waals surface area contributed by atoms with Crippen LogP contribution in [0, 0.1) is 0 Å². The maximum Gasteiger partial charge on any atom is 0.326 e. The van der Waals surface area contributed by atoms with Gasteiger partial charge >= 0.3 is 5.97 Å². The molecule has 0 aliphatic heterocycles. The number of fused-ring (bicyclic) bond motifs is 1. The van der Waals surface area contributed by atoms with E-state index in [9.17, 15) is 4.79 Å². The van der Waals surface area contributed by atoms with E-state index in [1.54, 1.807) is 0 Å². The molecule has 0 aliphatic carbocycles. The normalized spacial score (nSPS) is 12.3. The van der Waals surface area contributed by atoms with Crippen LogP contribution >= 0.6 is 0 Å². The summed E-state index contributed by atoms with van der Waals surface area (Å²) in [5.41, 5.74) is 0.802. The van der Waals surface area contributed by atoms with E-state index >= 15 is 0 Å². The third-order valence-electron chi connectivity index (χ3n) is 2.73. The van der Waals surface area contributed by atoms with Crippen LogP contribution in [0.2, 0.25) is 0 Å². The molecule has 1 heterocycles. The van der Waals surface area contributed by atoms with Crippen LogP contribution in [-0.2, 0) is 4.79 Å². The second-order valence-corrected chi connectivity index (χ2v) is 4.06. The molecule has 0 bridgehead atoms. The highest BCUT2D eigenvalue weighted by Crippen LogP contribution is 2.19. The number of carbonyl (C=O) groups is 1. The van der Waals surface area contributed by atoms with Crippen molar-refractivity contribution in [3.8, 4) is 0 Å². The molecule has 1 unspecified atom stereocenters. The van der Waals surface area contributed by atoms with Crippen molar-refractivity contribution in [1.29, 1.82) is 0 Å². The van der Waals surface area contributed by atoms with E-state index in [0.717, 1.165) is 17.3 Å². The number of para-hydroxylation sites is 1. The van der Waals surface area contributed by atoms with Crippen molar-refractivity contribution in [2.45, 2.75) is 25.8 Å². The first-order chi connectivity index (χ1) is 8.72. The molecule has 2 aromatic rings. The Morgan fingerprint density at radius 3 is 2.89 bits per heavy atom. The maximum absolute atomic E-state index is 11.1. The van der Waals surface area contributed by atoms with E-state index in [1.165, 1.54) is 6.33 Å². The smallest absolute Gasteiger partial charge is 0.326 e. The van der Waals surface area contributed by atoms with Gasteiger partial charge in [0, 0.05) is 5.39 Å². The number of rotatable bonds is 5. The number of hydrogen-bond acceptors (Lipinski definition) is 4. The monoisotopic (exact) mass is 245 g/mol. The van der Waals surface area contributed by atoms with E-state index in [4.69, 9.17) is 5.11 Å². The Kier molecular flexibility index (Phi) is 3.72. The average Bonchev–Trinajstić information content (AvgIpc) is 2.38. The quantitative estimate of drug-likeness (QED) is 0.845. The minimum absolute atomic E-state index is 0.563. The summed E-state index contributed by atoms with van der Waals surface area (Å²) in [6.07, 6.45) is 2.80. The molecule has 0 saturated heterocycles. The average molecular weight is 245 g/mol. The standard InChI is InChI=1S/C13H15N3O2/c1-2-5-11(13(17)18)16-12-9-6-3-4-7-10(9)14-8-15-12/h3-4,6-8,11H,2,5H2,1H3,(H,17,18)(H,14,15,16). The van der Waals surface area contributed by atoms with E-state index in [-0.39, 0.29) is 0 Å². The number of carboxylic acid groups (broad SMARTS) is 1. The van der Waals surface area contributed by atoms with Gasteiger partial charge in [-0.1, -0.05) is 25.5 Å². The van der Waals surface area contributed by atoms with Crippen LogP contribution in [0.4, 0.5) is 5.82 Å². The lowest BCUT2D eigenvalue weighted by Gasteiger charge is -2.15. The van der Waals surface area contributed by atoms with Crippen LogP contribution in [0.5, 0.6) is 0 Å². The molecular weight excluding hydrogens is 230 g/mol. The third-order valence-corrected chi connectivity index (χ3v) is 2.73. The molecule has 2 rings (SSSR count). The number of aliphatic carboxylic acids is 1. The van der Waals surface area contributed by atoms with Crippen LogP contribution in [0.3, 0.4) is 0 Å². The van der Waals surface area contributed by atoms with Crippen molar-refractivity contribution in [2.75, 3.05) is 5.32 Å². The number of nitrogens with zero attached hydrogens (tertiary/aromatic N) is 2. The fourth-order valence-corrected chi connectivity index (χ4v) is 1.83. The van der Waals surface area contributed by atoms with Crippen molar-refractivity contribution < 1.29 is 9.90 Å². The van der Waals surface area contributed by atoms with Gasteiger partial charge in [0.25, 0.3) is 0 Å². The molecule has 1 aromatic carbocycles. The van der Waals surface area contributed by atoms with E-state index in [1.807, 2.05) is 31.2 Å². The molecule has 5 heteroatoms. The highest BCUT2D eigenvalue weighted by Gasteiger charge is 2.17. The number of anilines is 1. The van der Waals surface area contributed by atoms with Gasteiger partial charge in [-0.15, -0.1) is 0 Å². The molecule has 1 atom stereocenters. The fourth-order valence-electron chi connectivity index (χ4n) is 1.83. The van der Waals surface area contributed by atoms with Gasteiger partial charge in [-0.25, -0.2) is 14.8 Å². The van der Waals surface area contributed by atoms with Gasteiger partial charge in [0.1, 0.15) is 18.2 Å². The summed E-state index contributed by atoms with van der Waals surface area (Å²) in [5, 5.41) is 12.9.